The van der Waals surface area contributed by atoms with Gasteiger partial charge < -0.3 is 24.7 Å². The number of hydrogen-bond donors (Lipinski definition) is 2. The van der Waals surface area contributed by atoms with Crippen molar-refractivity contribution in [2.24, 2.45) is 0 Å². The Labute approximate surface area is 165 Å². The summed E-state index contributed by atoms with van der Waals surface area (Å²) >= 11 is 0. The maximum absolute atomic E-state index is 12.7. The summed E-state index contributed by atoms with van der Waals surface area (Å²) < 4.78 is 10.7. The molecule has 2 heterocycles. The molecule has 2 N–H and O–H groups in total. The quantitative estimate of drug-likeness (QED) is 0.690. The average Bonchev–Trinajstić information content (AvgIpc) is 3.16. The Bertz CT molecular complexity index is 748. The Balaban J connectivity index is 2.42. The Hall–Kier alpha value is -2.51. The van der Waals surface area contributed by atoms with E-state index in [2.05, 4.69) is 10.3 Å². The molecule has 1 fully saturated rings. The summed E-state index contributed by atoms with van der Waals surface area (Å²) in [6.45, 7) is 9.74. The first-order valence-electron chi connectivity index (χ1n) is 9.73. The van der Waals surface area contributed by atoms with Gasteiger partial charge in [0.25, 0.3) is 0 Å². The van der Waals surface area contributed by atoms with Gasteiger partial charge in [-0.3, -0.25) is 4.79 Å². The molecule has 1 aromatic rings. The van der Waals surface area contributed by atoms with Crippen molar-refractivity contribution in [3.8, 4) is 0 Å². The van der Waals surface area contributed by atoms with Crippen molar-refractivity contribution in [1.82, 2.24) is 10.3 Å². The number of aromatic amines is 1. The normalized spacial score (nSPS) is 16.6. The highest BCUT2D eigenvalue weighted by molar-refractivity contribution is 6.02. The molecule has 1 saturated heterocycles. The van der Waals surface area contributed by atoms with Gasteiger partial charge in [-0.25, -0.2) is 9.59 Å². The Morgan fingerprint density at radius 3 is 2.39 bits per heavy atom. The van der Waals surface area contributed by atoms with Gasteiger partial charge in [0.15, 0.2) is 0 Å². The van der Waals surface area contributed by atoms with Gasteiger partial charge in [0.05, 0.1) is 6.61 Å². The zero-order chi connectivity index (χ0) is 21.1. The van der Waals surface area contributed by atoms with E-state index in [1.54, 1.807) is 27.7 Å². The van der Waals surface area contributed by atoms with E-state index in [9.17, 15) is 14.4 Å². The number of ether oxygens (including phenoxy) is 2. The largest absolute Gasteiger partial charge is 0.462 e. The van der Waals surface area contributed by atoms with Gasteiger partial charge >= 0.3 is 11.9 Å². The van der Waals surface area contributed by atoms with Crippen molar-refractivity contribution < 1.29 is 23.9 Å². The number of esters is 2. The third-order valence-corrected chi connectivity index (χ3v) is 4.48. The topological polar surface area (TPSA) is 101 Å². The molecule has 8 nitrogen and oxygen atoms in total. The van der Waals surface area contributed by atoms with Crippen LogP contribution in [0.1, 0.15) is 73.9 Å². The molecule has 1 aliphatic rings. The molecule has 1 unspecified atom stereocenters. The monoisotopic (exact) mass is 393 g/mol. The minimum Gasteiger partial charge on any atom is -0.462 e. The number of H-pyrrole nitrogens is 1. The van der Waals surface area contributed by atoms with Crippen molar-refractivity contribution in [3.05, 3.63) is 16.8 Å². The van der Waals surface area contributed by atoms with Gasteiger partial charge in [-0.15, -0.1) is 0 Å². The van der Waals surface area contributed by atoms with Crippen LogP contribution in [-0.2, 0) is 20.7 Å². The molecule has 156 valence electrons. The van der Waals surface area contributed by atoms with Gasteiger partial charge in [0.2, 0.25) is 5.91 Å². The summed E-state index contributed by atoms with van der Waals surface area (Å²) in [5, 5.41) is 2.92. The molecule has 0 aliphatic carbocycles. The van der Waals surface area contributed by atoms with E-state index in [1.165, 1.54) is 0 Å². The highest BCUT2D eigenvalue weighted by Crippen LogP contribution is 2.29. The second-order valence-electron chi connectivity index (χ2n) is 7.96. The number of carbonyl (C=O) groups excluding carboxylic acids is 3. The Kier molecular flexibility index (Phi) is 6.74. The molecule has 1 atom stereocenters. The molecule has 0 radical (unpaired) electrons. The number of rotatable bonds is 7. The lowest BCUT2D eigenvalue weighted by atomic mass is 10.1. The molecule has 0 bridgehead atoms. The number of likely N-dealkylation sites (N-methyl/N-ethyl adjacent to an activating group) is 1. The summed E-state index contributed by atoms with van der Waals surface area (Å²) in [7, 11) is 1.82. The van der Waals surface area contributed by atoms with E-state index in [0.29, 0.717) is 36.3 Å². The minimum absolute atomic E-state index is 0.00843. The maximum Gasteiger partial charge on any atom is 0.355 e. The molecule has 1 aliphatic heterocycles. The highest BCUT2D eigenvalue weighted by Gasteiger charge is 2.32. The number of aromatic nitrogens is 1. The van der Waals surface area contributed by atoms with Crippen molar-refractivity contribution in [2.45, 2.75) is 65.5 Å². The Morgan fingerprint density at radius 1 is 1.21 bits per heavy atom. The van der Waals surface area contributed by atoms with Gasteiger partial charge in [0.1, 0.15) is 22.7 Å². The Morgan fingerprint density at radius 2 is 1.89 bits per heavy atom. The number of nitrogens with zero attached hydrogens (tertiary/aromatic N) is 1. The van der Waals surface area contributed by atoms with Gasteiger partial charge in [-0.05, 0) is 40.5 Å². The van der Waals surface area contributed by atoms with Crippen LogP contribution < -0.4 is 10.2 Å². The summed E-state index contributed by atoms with van der Waals surface area (Å²) in [5.41, 5.74) is 0.525. The van der Waals surface area contributed by atoms with Crippen molar-refractivity contribution in [3.63, 3.8) is 0 Å². The second kappa shape index (κ2) is 8.67. The number of anilines is 1. The molecular weight excluding hydrogens is 362 g/mol. The van der Waals surface area contributed by atoms with Crippen molar-refractivity contribution >= 4 is 23.7 Å². The van der Waals surface area contributed by atoms with Crippen LogP contribution in [0.5, 0.6) is 0 Å². The fourth-order valence-electron chi connectivity index (χ4n) is 3.33. The van der Waals surface area contributed by atoms with Crippen LogP contribution in [0.15, 0.2) is 0 Å². The van der Waals surface area contributed by atoms with E-state index in [1.807, 2.05) is 18.9 Å². The molecule has 0 saturated carbocycles. The summed E-state index contributed by atoms with van der Waals surface area (Å²) in [5.74, 6) is -0.470. The van der Waals surface area contributed by atoms with Gasteiger partial charge in [-0.1, -0.05) is 6.92 Å². The highest BCUT2D eigenvalue weighted by atomic mass is 16.6. The third kappa shape index (κ3) is 5.05. The first kappa shape index (κ1) is 21.8. The summed E-state index contributed by atoms with van der Waals surface area (Å²) in [6.07, 6.45) is 1.70. The van der Waals surface area contributed by atoms with E-state index in [4.69, 9.17) is 9.47 Å². The molecule has 1 amide bonds. The predicted molar refractivity (Wildman–Crippen MR) is 106 cm³/mol. The van der Waals surface area contributed by atoms with Crippen LogP contribution in [-0.4, -0.2) is 54.7 Å². The second-order valence-corrected chi connectivity index (χ2v) is 7.96. The summed E-state index contributed by atoms with van der Waals surface area (Å²) in [4.78, 5) is 41.8. The van der Waals surface area contributed by atoms with Crippen LogP contribution >= 0.6 is 0 Å². The molecule has 2 rings (SSSR count). The third-order valence-electron chi connectivity index (χ3n) is 4.48. The molecule has 0 spiro atoms. The number of carbonyl (C=O) groups is 3. The van der Waals surface area contributed by atoms with Gasteiger partial charge in [0, 0.05) is 31.6 Å². The van der Waals surface area contributed by atoms with Crippen LogP contribution in [0.4, 0.5) is 5.82 Å². The van der Waals surface area contributed by atoms with Crippen LogP contribution in [0.2, 0.25) is 0 Å². The van der Waals surface area contributed by atoms with Crippen molar-refractivity contribution in [1.29, 1.82) is 0 Å². The summed E-state index contributed by atoms with van der Waals surface area (Å²) in [6, 6.07) is -0.00843. The van der Waals surface area contributed by atoms with E-state index < -0.39 is 17.5 Å². The SMILES string of the molecule is CCOC(=O)c1c(N(C)CC2CCC(=O)N2)[nH]c(C(=O)OC(C)(C)C)c1CC. The first-order valence-corrected chi connectivity index (χ1v) is 9.73. The first-order chi connectivity index (χ1) is 13.1. The molecule has 28 heavy (non-hydrogen) atoms. The fraction of sp³-hybridized carbons (Fsp3) is 0.650. The smallest absolute Gasteiger partial charge is 0.355 e. The lowest BCUT2D eigenvalue weighted by molar-refractivity contribution is -0.119. The van der Waals surface area contributed by atoms with Crippen LogP contribution in [0.25, 0.3) is 0 Å². The maximum atomic E-state index is 12.7. The zero-order valence-corrected chi connectivity index (χ0v) is 17.6. The molecule has 1 aromatic heterocycles. The molecule has 8 heteroatoms. The van der Waals surface area contributed by atoms with E-state index in [0.717, 1.165) is 6.42 Å². The number of nitrogens with one attached hydrogen (secondary N) is 2. The minimum atomic E-state index is -0.655. The van der Waals surface area contributed by atoms with Gasteiger partial charge in [-0.2, -0.15) is 0 Å². The standard InChI is InChI=1S/C20H31N3O5/c1-7-13-15(18(25)27-8-2)17(22-16(13)19(26)28-20(3,4)5)23(6)11-12-9-10-14(24)21-12/h12,22H,7-11H2,1-6H3,(H,21,24). The number of hydrogen-bond acceptors (Lipinski definition) is 6. The average molecular weight is 393 g/mol. The lowest BCUT2D eigenvalue weighted by Gasteiger charge is -2.23. The lowest BCUT2D eigenvalue weighted by Crippen LogP contribution is -2.37. The van der Waals surface area contributed by atoms with Crippen molar-refractivity contribution in [2.75, 3.05) is 25.1 Å². The molecular formula is C20H31N3O5. The number of amides is 1. The van der Waals surface area contributed by atoms with E-state index in [-0.39, 0.29) is 24.2 Å². The fourth-order valence-corrected chi connectivity index (χ4v) is 3.33. The predicted octanol–water partition coefficient (Wildman–Crippen LogP) is 2.42. The zero-order valence-electron chi connectivity index (χ0n) is 17.6. The van der Waals surface area contributed by atoms with Crippen LogP contribution in [0.3, 0.4) is 0 Å². The van der Waals surface area contributed by atoms with Crippen LogP contribution in [0, 0.1) is 0 Å². The van der Waals surface area contributed by atoms with E-state index >= 15 is 0 Å². The molecule has 0 aromatic carbocycles.